The number of alkyl halides is 5. The molecule has 1 saturated carbocycles. The van der Waals surface area contributed by atoms with Crippen molar-refractivity contribution >= 4 is 57.8 Å². The van der Waals surface area contributed by atoms with Gasteiger partial charge in [0.2, 0.25) is 17.7 Å². The van der Waals surface area contributed by atoms with Crippen LogP contribution in [0.2, 0.25) is 10.0 Å². The zero-order valence-electron chi connectivity index (χ0n) is 22.2. The molecular weight excluding hydrogens is 610 g/mol. The van der Waals surface area contributed by atoms with Gasteiger partial charge in [-0.2, -0.15) is 23.1 Å². The van der Waals surface area contributed by atoms with Gasteiger partial charge < -0.3 is 25.7 Å². The first-order chi connectivity index (χ1) is 19.8. The van der Waals surface area contributed by atoms with Gasteiger partial charge in [0, 0.05) is 19.0 Å². The Hall–Kier alpha value is -3.39. The van der Waals surface area contributed by atoms with Gasteiger partial charge in [-0.25, -0.2) is 8.78 Å². The standard InChI is InChI=1S/C26H27Cl2F5N6O3/c1-2-19(40)34-10-12-3-8-16(27)21(20(12)28)37-25-36-17-9-15(24(38-22(17)39-25)42-11-18(29)30)23(41)35-14-6-4-13(5-7-14)26(31,32)33/h3,8-9,13-14,18H,2,4-7,10-11H2,1H3,(H,34,40)(H,35,41)(H2,36,37,38,39)/t13-,14-. The molecule has 2 aromatic heterocycles. The van der Waals surface area contributed by atoms with Crippen LogP contribution in [0.1, 0.15) is 54.9 Å². The Morgan fingerprint density at radius 2 is 1.86 bits per heavy atom. The number of nitrogens with one attached hydrogen (secondary N) is 4. The molecule has 4 rings (SSSR count). The summed E-state index contributed by atoms with van der Waals surface area (Å²) >= 11 is 12.8. The Kier molecular flexibility index (Phi) is 9.97. The zero-order valence-corrected chi connectivity index (χ0v) is 23.7. The van der Waals surface area contributed by atoms with E-state index in [1.165, 1.54) is 6.07 Å². The number of imidazole rings is 1. The van der Waals surface area contributed by atoms with Crippen LogP contribution < -0.4 is 20.7 Å². The van der Waals surface area contributed by atoms with Crippen molar-refractivity contribution in [2.24, 2.45) is 5.92 Å². The Bertz CT molecular complexity index is 1440. The number of aromatic nitrogens is 3. The maximum absolute atomic E-state index is 13.1. The fourth-order valence-corrected chi connectivity index (χ4v) is 5.04. The summed E-state index contributed by atoms with van der Waals surface area (Å²) in [6.45, 7) is 0.820. The van der Waals surface area contributed by atoms with E-state index >= 15 is 0 Å². The van der Waals surface area contributed by atoms with Crippen molar-refractivity contribution in [1.29, 1.82) is 0 Å². The van der Waals surface area contributed by atoms with E-state index in [4.69, 9.17) is 27.9 Å². The molecule has 228 valence electrons. The number of anilines is 2. The third-order valence-corrected chi connectivity index (χ3v) is 7.51. The van der Waals surface area contributed by atoms with Gasteiger partial charge in [0.25, 0.3) is 12.3 Å². The highest BCUT2D eigenvalue weighted by Gasteiger charge is 2.41. The molecule has 2 heterocycles. The minimum Gasteiger partial charge on any atom is -0.471 e. The van der Waals surface area contributed by atoms with E-state index in [1.54, 1.807) is 19.1 Å². The predicted octanol–water partition coefficient (Wildman–Crippen LogP) is 6.53. The van der Waals surface area contributed by atoms with Crippen molar-refractivity contribution < 1.29 is 36.3 Å². The minimum atomic E-state index is -4.30. The quantitative estimate of drug-likeness (QED) is 0.188. The number of halogens is 7. The molecule has 1 aliphatic rings. The van der Waals surface area contributed by atoms with E-state index in [0.29, 0.717) is 12.0 Å². The van der Waals surface area contributed by atoms with Crippen LogP contribution in [0.25, 0.3) is 11.2 Å². The Morgan fingerprint density at radius 3 is 2.50 bits per heavy atom. The first kappa shape index (κ1) is 31.5. The number of fused-ring (bicyclic) bond motifs is 1. The summed E-state index contributed by atoms with van der Waals surface area (Å²) < 4.78 is 70.0. The van der Waals surface area contributed by atoms with Gasteiger partial charge in [-0.05, 0) is 43.4 Å². The summed E-state index contributed by atoms with van der Waals surface area (Å²) in [6, 6.07) is 3.99. The molecule has 42 heavy (non-hydrogen) atoms. The van der Waals surface area contributed by atoms with Crippen LogP contribution in [-0.2, 0) is 11.3 Å². The van der Waals surface area contributed by atoms with E-state index in [1.807, 2.05) is 0 Å². The van der Waals surface area contributed by atoms with Crippen LogP contribution in [0.5, 0.6) is 5.88 Å². The molecule has 1 fully saturated rings. The van der Waals surface area contributed by atoms with Crippen molar-refractivity contribution in [3.8, 4) is 5.88 Å². The lowest BCUT2D eigenvalue weighted by Gasteiger charge is -2.30. The second kappa shape index (κ2) is 13.3. The van der Waals surface area contributed by atoms with Gasteiger partial charge >= 0.3 is 6.18 Å². The Labute approximate surface area is 246 Å². The molecule has 3 aromatic rings. The van der Waals surface area contributed by atoms with Crippen molar-refractivity contribution in [1.82, 2.24) is 25.6 Å². The van der Waals surface area contributed by atoms with Crippen molar-refractivity contribution in [2.45, 2.75) is 64.2 Å². The molecule has 0 atom stereocenters. The molecule has 0 spiro atoms. The summed E-state index contributed by atoms with van der Waals surface area (Å²) in [4.78, 5) is 36.1. The molecule has 4 N–H and O–H groups in total. The van der Waals surface area contributed by atoms with Crippen LogP contribution in [0.3, 0.4) is 0 Å². The maximum Gasteiger partial charge on any atom is 0.391 e. The lowest BCUT2D eigenvalue weighted by molar-refractivity contribution is -0.182. The van der Waals surface area contributed by atoms with E-state index in [2.05, 4.69) is 30.9 Å². The number of carbonyl (C=O) groups excluding carboxylic acids is 2. The SMILES string of the molecule is CCC(=O)NCc1ccc(Cl)c(Nc2nc3nc(OCC(F)F)c(C(=O)N[C@H]4CC[C@H](C(F)(F)F)CC4)cc3[nH]2)c1Cl. The van der Waals surface area contributed by atoms with E-state index in [0.717, 1.165) is 0 Å². The number of hydrogen-bond donors (Lipinski definition) is 4. The van der Waals surface area contributed by atoms with Crippen LogP contribution in [0, 0.1) is 5.92 Å². The third kappa shape index (κ3) is 7.71. The number of pyridine rings is 1. The number of aromatic amines is 1. The predicted molar refractivity (Wildman–Crippen MR) is 147 cm³/mol. The topological polar surface area (TPSA) is 121 Å². The van der Waals surface area contributed by atoms with Gasteiger partial charge in [0.05, 0.1) is 27.2 Å². The van der Waals surface area contributed by atoms with Gasteiger partial charge in [-0.15, -0.1) is 0 Å². The molecule has 0 saturated heterocycles. The minimum absolute atomic E-state index is 0.0163. The second-order valence-electron chi connectivity index (χ2n) is 9.71. The zero-order chi connectivity index (χ0) is 30.6. The molecule has 1 aromatic carbocycles. The maximum atomic E-state index is 13.1. The number of amides is 2. The monoisotopic (exact) mass is 636 g/mol. The average molecular weight is 637 g/mol. The van der Waals surface area contributed by atoms with Crippen LogP contribution in [0.15, 0.2) is 18.2 Å². The molecule has 0 aliphatic heterocycles. The summed E-state index contributed by atoms with van der Waals surface area (Å²) in [5.74, 6) is -2.65. The van der Waals surface area contributed by atoms with Crippen molar-refractivity contribution in [2.75, 3.05) is 11.9 Å². The fraction of sp³-hybridized carbons (Fsp3) is 0.462. The molecule has 1 aliphatic carbocycles. The number of benzene rings is 1. The van der Waals surface area contributed by atoms with E-state index in [9.17, 15) is 31.5 Å². The second-order valence-corrected chi connectivity index (χ2v) is 10.5. The van der Waals surface area contributed by atoms with E-state index < -0.39 is 43.0 Å². The molecule has 0 unspecified atom stereocenters. The molecule has 0 bridgehead atoms. The molecular formula is C26H27Cl2F5N6O3. The van der Waals surface area contributed by atoms with Gasteiger partial charge in [0.15, 0.2) is 12.3 Å². The Morgan fingerprint density at radius 1 is 1.14 bits per heavy atom. The highest BCUT2D eigenvalue weighted by molar-refractivity contribution is 6.39. The largest absolute Gasteiger partial charge is 0.471 e. The normalized spacial score (nSPS) is 17.4. The number of carbonyl (C=O) groups is 2. The molecule has 16 heteroatoms. The van der Waals surface area contributed by atoms with Crippen molar-refractivity contribution in [3.63, 3.8) is 0 Å². The highest BCUT2D eigenvalue weighted by atomic mass is 35.5. The summed E-state index contributed by atoms with van der Waals surface area (Å²) in [5, 5.41) is 8.77. The van der Waals surface area contributed by atoms with Gasteiger partial charge in [-0.3, -0.25) is 9.59 Å². The average Bonchev–Trinajstić information content (AvgIpc) is 3.34. The number of ether oxygens (including phenoxy) is 1. The van der Waals surface area contributed by atoms with Gasteiger partial charge in [-0.1, -0.05) is 36.2 Å². The molecule has 9 nitrogen and oxygen atoms in total. The van der Waals surface area contributed by atoms with Crippen molar-refractivity contribution in [3.05, 3.63) is 39.4 Å². The van der Waals surface area contributed by atoms with Gasteiger partial charge in [0.1, 0.15) is 5.56 Å². The molecule has 2 amide bonds. The number of nitrogens with zero attached hydrogens (tertiary/aromatic N) is 2. The third-order valence-electron chi connectivity index (χ3n) is 6.77. The lowest BCUT2D eigenvalue weighted by atomic mass is 9.85. The van der Waals surface area contributed by atoms with Crippen LogP contribution >= 0.6 is 23.2 Å². The summed E-state index contributed by atoms with van der Waals surface area (Å²) in [5.41, 5.74) is 0.891. The van der Waals surface area contributed by atoms with Crippen LogP contribution in [-0.4, -0.2) is 52.0 Å². The number of hydrogen-bond acceptors (Lipinski definition) is 6. The van der Waals surface area contributed by atoms with E-state index in [-0.39, 0.29) is 76.5 Å². The summed E-state index contributed by atoms with van der Waals surface area (Å²) in [7, 11) is 0. The smallest absolute Gasteiger partial charge is 0.391 e. The fourth-order valence-electron chi connectivity index (χ4n) is 4.51. The van der Waals surface area contributed by atoms with Crippen LogP contribution in [0.4, 0.5) is 33.6 Å². The highest BCUT2D eigenvalue weighted by Crippen LogP contribution is 2.38. The first-order valence-corrected chi connectivity index (χ1v) is 13.8. The lowest BCUT2D eigenvalue weighted by Crippen LogP contribution is -2.40. The number of rotatable bonds is 10. The Balaban J connectivity index is 1.57. The number of H-pyrrole nitrogens is 1. The summed E-state index contributed by atoms with van der Waals surface area (Å²) in [6.07, 6.45) is -6.90. The molecule has 0 radical (unpaired) electrons. The first-order valence-electron chi connectivity index (χ1n) is 13.1.